The maximum atomic E-state index is 8.68. The zero-order valence-corrected chi connectivity index (χ0v) is 14.8. The summed E-state index contributed by atoms with van der Waals surface area (Å²) in [5.74, 6) is 0. The number of fused-ring (bicyclic) bond motifs is 1. The molecule has 0 radical (unpaired) electrons. The first-order valence-electron chi connectivity index (χ1n) is 7.88. The molecule has 0 fully saturated rings. The molecule has 0 atom stereocenters. The van der Waals surface area contributed by atoms with Crippen LogP contribution in [0.4, 0.5) is 5.69 Å². The van der Waals surface area contributed by atoms with E-state index in [4.69, 9.17) is 5.26 Å². The highest BCUT2D eigenvalue weighted by Crippen LogP contribution is 2.34. The van der Waals surface area contributed by atoms with Gasteiger partial charge in [0.25, 0.3) is 0 Å². The van der Waals surface area contributed by atoms with Crippen LogP contribution in [0.5, 0.6) is 0 Å². The van der Waals surface area contributed by atoms with Crippen molar-refractivity contribution in [3.05, 3.63) is 45.9 Å². The molecule has 0 spiro atoms. The van der Waals surface area contributed by atoms with Crippen LogP contribution in [-0.2, 0) is 11.8 Å². The molecule has 0 amide bonds. The van der Waals surface area contributed by atoms with Crippen LogP contribution in [0.25, 0.3) is 0 Å². The predicted molar refractivity (Wildman–Crippen MR) is 97.0 cm³/mol. The molecule has 1 aliphatic heterocycles. The van der Waals surface area contributed by atoms with Gasteiger partial charge in [-0.2, -0.15) is 5.26 Å². The van der Waals surface area contributed by atoms with Crippen molar-refractivity contribution in [3.63, 3.8) is 0 Å². The molecule has 0 aromatic carbocycles. The van der Waals surface area contributed by atoms with Gasteiger partial charge in [-0.15, -0.1) is 11.3 Å². The van der Waals surface area contributed by atoms with E-state index in [1.165, 1.54) is 17.7 Å². The Labute approximate surface area is 142 Å². The molecule has 0 bridgehead atoms. The van der Waals surface area contributed by atoms with Gasteiger partial charge in [-0.25, -0.2) is 0 Å². The molecule has 5 heteroatoms. The van der Waals surface area contributed by atoms with E-state index in [0.29, 0.717) is 5.56 Å². The van der Waals surface area contributed by atoms with E-state index in [2.05, 4.69) is 53.0 Å². The van der Waals surface area contributed by atoms with Crippen LogP contribution in [0.2, 0.25) is 0 Å². The number of aromatic nitrogens is 1. The average molecular weight is 328 g/mol. The number of nitrogens with one attached hydrogen (secondary N) is 2. The lowest BCUT2D eigenvalue weighted by atomic mass is 9.91. The fourth-order valence-electron chi connectivity index (χ4n) is 2.49. The number of hydrogen-bond donors (Lipinski definition) is 2. The van der Waals surface area contributed by atoms with Crippen molar-refractivity contribution in [2.75, 3.05) is 25.5 Å². The smallest absolute Gasteiger partial charge is 0.101 e. The number of nitriles is 1. The minimum Gasteiger partial charge on any atom is -0.383 e. The molecule has 0 saturated carbocycles. The molecule has 2 N–H and O–H groups in total. The first kappa shape index (κ1) is 17.5. The van der Waals surface area contributed by atoms with E-state index in [1.54, 1.807) is 6.20 Å². The number of nitrogens with zero attached hydrogens (tertiary/aromatic N) is 2. The summed E-state index contributed by atoms with van der Waals surface area (Å²) in [7, 11) is 1.99. The van der Waals surface area contributed by atoms with Gasteiger partial charge in [0, 0.05) is 23.0 Å². The van der Waals surface area contributed by atoms with Crippen molar-refractivity contribution in [2.24, 2.45) is 0 Å². The normalized spacial score (nSPS) is 14.2. The van der Waals surface area contributed by atoms with Crippen LogP contribution in [0.1, 0.15) is 36.4 Å². The fraction of sp³-hybridized carbons (Fsp3) is 0.444. The third kappa shape index (κ3) is 4.78. The predicted octanol–water partition coefficient (Wildman–Crippen LogP) is 3.56. The number of rotatable bonds is 4. The standard InChI is InChI=1S/C10H11N3.C8H13NS/c1-10(2)6-13-8-3-7(4-11)5-12-9(8)10;1-9-6-2-4-8-5-3-7-10-8/h3,5,13H,6H2,1-2H3;3,5,7,9H,2,4,6H2,1H3. The van der Waals surface area contributed by atoms with Gasteiger partial charge in [0.15, 0.2) is 0 Å². The number of hydrogen-bond acceptors (Lipinski definition) is 5. The van der Waals surface area contributed by atoms with Crippen molar-refractivity contribution in [1.29, 1.82) is 5.26 Å². The maximum absolute atomic E-state index is 8.68. The van der Waals surface area contributed by atoms with Gasteiger partial charge in [-0.3, -0.25) is 4.98 Å². The van der Waals surface area contributed by atoms with Gasteiger partial charge in [0.05, 0.1) is 16.9 Å². The molecule has 2 aromatic rings. The highest BCUT2D eigenvalue weighted by atomic mass is 32.1. The van der Waals surface area contributed by atoms with Crippen LogP contribution < -0.4 is 10.6 Å². The lowest BCUT2D eigenvalue weighted by molar-refractivity contribution is 0.568. The van der Waals surface area contributed by atoms with Crippen LogP contribution in [-0.4, -0.2) is 25.1 Å². The molecular weight excluding hydrogens is 304 g/mol. The topological polar surface area (TPSA) is 60.7 Å². The second-order valence-electron chi connectivity index (χ2n) is 6.26. The summed E-state index contributed by atoms with van der Waals surface area (Å²) in [6.45, 7) is 6.30. The summed E-state index contributed by atoms with van der Waals surface area (Å²) in [5.41, 5.74) is 2.77. The molecule has 0 saturated heterocycles. The first-order valence-corrected chi connectivity index (χ1v) is 8.76. The van der Waals surface area contributed by atoms with Crippen molar-refractivity contribution in [3.8, 4) is 6.07 Å². The number of thiophene rings is 1. The molecule has 4 nitrogen and oxygen atoms in total. The molecule has 0 unspecified atom stereocenters. The molecule has 3 rings (SSSR count). The Kier molecular flexibility index (Phi) is 6.14. The van der Waals surface area contributed by atoms with E-state index in [9.17, 15) is 0 Å². The van der Waals surface area contributed by atoms with Crippen molar-refractivity contribution in [1.82, 2.24) is 10.3 Å². The third-order valence-corrected chi connectivity index (χ3v) is 4.74. The largest absolute Gasteiger partial charge is 0.383 e. The van der Waals surface area contributed by atoms with Gasteiger partial charge in [0.2, 0.25) is 0 Å². The second-order valence-corrected chi connectivity index (χ2v) is 7.29. The van der Waals surface area contributed by atoms with Gasteiger partial charge < -0.3 is 10.6 Å². The Morgan fingerprint density at radius 2 is 2.30 bits per heavy atom. The van der Waals surface area contributed by atoms with Crippen molar-refractivity contribution >= 4 is 17.0 Å². The molecule has 1 aliphatic rings. The van der Waals surface area contributed by atoms with E-state index in [1.807, 2.05) is 24.5 Å². The SMILES string of the molecule is CC1(C)CNc2cc(C#N)cnc21.CNCCCc1cccs1. The highest BCUT2D eigenvalue weighted by molar-refractivity contribution is 7.09. The summed E-state index contributed by atoms with van der Waals surface area (Å²) >= 11 is 1.85. The van der Waals surface area contributed by atoms with Crippen LogP contribution in [0, 0.1) is 11.3 Å². The van der Waals surface area contributed by atoms with Gasteiger partial charge in [-0.1, -0.05) is 19.9 Å². The first-order chi connectivity index (χ1) is 11.1. The quantitative estimate of drug-likeness (QED) is 0.843. The van der Waals surface area contributed by atoms with Crippen molar-refractivity contribution < 1.29 is 0 Å². The zero-order valence-electron chi connectivity index (χ0n) is 14.0. The van der Waals surface area contributed by atoms with Gasteiger partial charge in [0.1, 0.15) is 6.07 Å². The Hall–Kier alpha value is -1.90. The average Bonchev–Trinajstić information content (AvgIpc) is 3.16. The Balaban J connectivity index is 0.000000174. The van der Waals surface area contributed by atoms with Crippen LogP contribution in [0.15, 0.2) is 29.8 Å². The molecule has 0 aliphatic carbocycles. The molecular formula is C18H24N4S. The van der Waals surface area contributed by atoms with E-state index < -0.39 is 0 Å². The highest BCUT2D eigenvalue weighted by Gasteiger charge is 2.31. The van der Waals surface area contributed by atoms with E-state index in [-0.39, 0.29) is 5.41 Å². The van der Waals surface area contributed by atoms with Crippen LogP contribution in [0.3, 0.4) is 0 Å². The summed E-state index contributed by atoms with van der Waals surface area (Å²) in [6, 6.07) is 8.24. The van der Waals surface area contributed by atoms with Gasteiger partial charge >= 0.3 is 0 Å². The number of pyridine rings is 1. The molecule has 23 heavy (non-hydrogen) atoms. The van der Waals surface area contributed by atoms with Crippen molar-refractivity contribution in [2.45, 2.75) is 32.1 Å². The zero-order chi connectivity index (χ0) is 16.7. The molecule has 122 valence electrons. The minimum absolute atomic E-state index is 0.0866. The number of anilines is 1. The summed E-state index contributed by atoms with van der Waals surface area (Å²) in [4.78, 5) is 5.79. The maximum Gasteiger partial charge on any atom is 0.101 e. The molecule has 2 aromatic heterocycles. The Morgan fingerprint density at radius 3 is 2.96 bits per heavy atom. The summed E-state index contributed by atoms with van der Waals surface area (Å²) < 4.78 is 0. The monoisotopic (exact) mass is 328 g/mol. The third-order valence-electron chi connectivity index (χ3n) is 3.81. The summed E-state index contributed by atoms with van der Waals surface area (Å²) in [6.07, 6.45) is 4.10. The number of aryl methyl sites for hydroxylation is 1. The minimum atomic E-state index is 0.0866. The lowest BCUT2D eigenvalue weighted by Crippen LogP contribution is -2.19. The Bertz CT molecular complexity index is 656. The van der Waals surface area contributed by atoms with E-state index in [0.717, 1.165) is 24.5 Å². The summed E-state index contributed by atoms with van der Waals surface area (Å²) in [5, 5.41) is 17.2. The molecule has 3 heterocycles. The second kappa shape index (κ2) is 8.09. The fourth-order valence-corrected chi connectivity index (χ4v) is 3.25. The van der Waals surface area contributed by atoms with Crippen LogP contribution >= 0.6 is 11.3 Å². The van der Waals surface area contributed by atoms with Gasteiger partial charge in [-0.05, 0) is 43.9 Å². The lowest BCUT2D eigenvalue weighted by Gasteiger charge is -2.14. The van der Waals surface area contributed by atoms with E-state index >= 15 is 0 Å². The Morgan fingerprint density at radius 1 is 1.48 bits per heavy atom.